The Balaban J connectivity index is 2.10. The fourth-order valence-electron chi connectivity index (χ4n) is 2.90. The summed E-state index contributed by atoms with van der Waals surface area (Å²) in [4.78, 5) is 23.3. The van der Waals surface area contributed by atoms with Crippen molar-refractivity contribution in [1.29, 1.82) is 0 Å². The Morgan fingerprint density at radius 2 is 1.04 bits per heavy atom. The molecule has 0 aromatic heterocycles. The number of aliphatic carboxylic acids is 2. The van der Waals surface area contributed by atoms with E-state index in [2.05, 4.69) is 0 Å². The van der Waals surface area contributed by atoms with Gasteiger partial charge in [0.1, 0.15) is 0 Å². The molecular formula is C21H24O4. The van der Waals surface area contributed by atoms with Crippen molar-refractivity contribution in [3.63, 3.8) is 0 Å². The zero-order valence-corrected chi connectivity index (χ0v) is 14.6. The summed E-state index contributed by atoms with van der Waals surface area (Å²) in [6, 6.07) is 15.4. The van der Waals surface area contributed by atoms with Crippen LogP contribution in [-0.2, 0) is 22.4 Å². The quantitative estimate of drug-likeness (QED) is 0.765. The molecule has 0 radical (unpaired) electrons. The average molecular weight is 340 g/mol. The molecule has 0 saturated carbocycles. The first-order valence-corrected chi connectivity index (χ1v) is 8.42. The van der Waals surface area contributed by atoms with Crippen LogP contribution >= 0.6 is 0 Å². The molecule has 0 aliphatic heterocycles. The maximum absolute atomic E-state index is 11.6. The van der Waals surface area contributed by atoms with Crippen molar-refractivity contribution < 1.29 is 19.8 Å². The van der Waals surface area contributed by atoms with E-state index in [9.17, 15) is 19.8 Å². The Labute approximate surface area is 148 Å². The Bertz CT molecular complexity index is 653. The molecule has 0 fully saturated rings. The minimum Gasteiger partial charge on any atom is -0.481 e. The molecule has 0 aliphatic carbocycles. The normalized spacial score (nSPS) is 13.2. The number of aryl methyl sites for hydroxylation is 2. The summed E-state index contributed by atoms with van der Waals surface area (Å²) in [7, 11) is 0. The van der Waals surface area contributed by atoms with Gasteiger partial charge in [-0.05, 0) is 44.2 Å². The van der Waals surface area contributed by atoms with Crippen LogP contribution in [0.4, 0.5) is 0 Å². The van der Waals surface area contributed by atoms with E-state index in [4.69, 9.17) is 0 Å². The predicted octanol–water partition coefficient (Wildman–Crippen LogP) is 3.88. The number of benzene rings is 2. The standard InChI is InChI=1S/C21H24O4/c1-14-3-7-16(8-4-14)11-18(20(22)23)13-19(21(24)25)12-17-9-5-15(2)6-10-17/h3-10,18-19H,11-13H2,1-2H3,(H,22,23)(H,24,25)/t18-,19?/m0/s1. The lowest BCUT2D eigenvalue weighted by molar-refractivity contribution is -0.145. The minimum atomic E-state index is -0.948. The van der Waals surface area contributed by atoms with Gasteiger partial charge in [0.2, 0.25) is 0 Å². The first-order valence-electron chi connectivity index (χ1n) is 8.42. The van der Waals surface area contributed by atoms with Gasteiger partial charge >= 0.3 is 11.9 Å². The van der Waals surface area contributed by atoms with Crippen LogP contribution in [0.15, 0.2) is 48.5 Å². The Morgan fingerprint density at radius 3 is 1.32 bits per heavy atom. The van der Waals surface area contributed by atoms with Crippen LogP contribution in [0.3, 0.4) is 0 Å². The van der Waals surface area contributed by atoms with Crippen molar-refractivity contribution in [2.24, 2.45) is 11.8 Å². The summed E-state index contributed by atoms with van der Waals surface area (Å²) >= 11 is 0. The average Bonchev–Trinajstić information content (AvgIpc) is 2.57. The Hall–Kier alpha value is -2.62. The number of carboxylic acids is 2. The lowest BCUT2D eigenvalue weighted by Gasteiger charge is -2.18. The van der Waals surface area contributed by atoms with Gasteiger partial charge in [-0.2, -0.15) is 0 Å². The molecule has 2 N–H and O–H groups in total. The molecule has 2 aromatic rings. The predicted molar refractivity (Wildman–Crippen MR) is 96.6 cm³/mol. The lowest BCUT2D eigenvalue weighted by atomic mass is 9.86. The molecule has 0 saturated heterocycles. The highest BCUT2D eigenvalue weighted by atomic mass is 16.4. The van der Waals surface area contributed by atoms with Gasteiger partial charge in [0.25, 0.3) is 0 Å². The largest absolute Gasteiger partial charge is 0.481 e. The highest BCUT2D eigenvalue weighted by Gasteiger charge is 2.27. The van der Waals surface area contributed by atoms with E-state index in [1.54, 1.807) is 0 Å². The SMILES string of the molecule is Cc1ccc(CC(C[C@H](Cc2ccc(C)cc2)C(=O)O)C(=O)O)cc1. The van der Waals surface area contributed by atoms with Gasteiger partial charge in [-0.15, -0.1) is 0 Å². The summed E-state index contributed by atoms with van der Waals surface area (Å²) in [5.41, 5.74) is 4.05. The summed E-state index contributed by atoms with van der Waals surface area (Å²) in [5.74, 6) is -3.32. The van der Waals surface area contributed by atoms with E-state index in [0.717, 1.165) is 22.3 Å². The number of hydrogen-bond donors (Lipinski definition) is 2. The number of hydrogen-bond acceptors (Lipinski definition) is 2. The zero-order chi connectivity index (χ0) is 18.4. The van der Waals surface area contributed by atoms with Crippen molar-refractivity contribution in [3.05, 3.63) is 70.8 Å². The third kappa shape index (κ3) is 5.75. The van der Waals surface area contributed by atoms with Crippen LogP contribution in [0.25, 0.3) is 0 Å². The highest BCUT2D eigenvalue weighted by Crippen LogP contribution is 2.22. The van der Waals surface area contributed by atoms with E-state index < -0.39 is 23.8 Å². The monoisotopic (exact) mass is 340 g/mol. The zero-order valence-electron chi connectivity index (χ0n) is 14.6. The first-order chi connectivity index (χ1) is 11.8. The minimum absolute atomic E-state index is 0.117. The Morgan fingerprint density at radius 1 is 0.720 bits per heavy atom. The molecule has 2 atom stereocenters. The maximum atomic E-state index is 11.6. The van der Waals surface area contributed by atoms with Crippen LogP contribution in [0.5, 0.6) is 0 Å². The summed E-state index contributed by atoms with van der Waals surface area (Å²) in [6.45, 7) is 3.95. The molecule has 132 valence electrons. The van der Waals surface area contributed by atoms with Crippen molar-refractivity contribution in [2.75, 3.05) is 0 Å². The van der Waals surface area contributed by atoms with Crippen molar-refractivity contribution >= 4 is 11.9 Å². The summed E-state index contributed by atoms with van der Waals surface area (Å²) in [6.07, 6.45) is 0.799. The number of rotatable bonds is 8. The van der Waals surface area contributed by atoms with Gasteiger partial charge in [-0.25, -0.2) is 0 Å². The second-order valence-corrected chi connectivity index (χ2v) is 6.69. The van der Waals surface area contributed by atoms with E-state index in [1.807, 2.05) is 62.4 Å². The van der Waals surface area contributed by atoms with Crippen molar-refractivity contribution in [1.82, 2.24) is 0 Å². The van der Waals surface area contributed by atoms with Crippen molar-refractivity contribution in [3.8, 4) is 0 Å². The van der Waals surface area contributed by atoms with E-state index in [1.165, 1.54) is 0 Å². The molecule has 0 spiro atoms. The van der Waals surface area contributed by atoms with Crippen molar-refractivity contribution in [2.45, 2.75) is 33.1 Å². The molecule has 25 heavy (non-hydrogen) atoms. The maximum Gasteiger partial charge on any atom is 0.306 e. The molecule has 2 rings (SSSR count). The van der Waals surface area contributed by atoms with Crippen LogP contribution in [0.1, 0.15) is 28.7 Å². The molecule has 4 heteroatoms. The van der Waals surface area contributed by atoms with Gasteiger partial charge in [0.05, 0.1) is 11.8 Å². The summed E-state index contributed by atoms with van der Waals surface area (Å²) in [5, 5.41) is 19.1. The lowest BCUT2D eigenvalue weighted by Crippen LogP contribution is -2.26. The van der Waals surface area contributed by atoms with Gasteiger partial charge in [0.15, 0.2) is 0 Å². The number of carboxylic acid groups (broad SMARTS) is 2. The fourth-order valence-corrected chi connectivity index (χ4v) is 2.90. The molecule has 0 amide bonds. The van der Waals surface area contributed by atoms with Crippen LogP contribution in [-0.4, -0.2) is 22.2 Å². The summed E-state index contributed by atoms with van der Waals surface area (Å²) < 4.78 is 0. The molecular weight excluding hydrogens is 316 g/mol. The van der Waals surface area contributed by atoms with Gasteiger partial charge in [-0.3, -0.25) is 9.59 Å². The smallest absolute Gasteiger partial charge is 0.306 e. The Kier molecular flexibility index (Phi) is 6.34. The van der Waals surface area contributed by atoms with Gasteiger partial charge < -0.3 is 10.2 Å². The van der Waals surface area contributed by atoms with Crippen LogP contribution in [0, 0.1) is 25.7 Å². The molecule has 1 unspecified atom stereocenters. The van der Waals surface area contributed by atoms with Crippen LogP contribution in [0.2, 0.25) is 0 Å². The first kappa shape index (κ1) is 18.7. The van der Waals surface area contributed by atoms with Gasteiger partial charge in [-0.1, -0.05) is 59.7 Å². The molecule has 0 heterocycles. The third-order valence-electron chi connectivity index (χ3n) is 4.47. The number of carbonyl (C=O) groups is 2. The second kappa shape index (κ2) is 8.47. The highest BCUT2D eigenvalue weighted by molar-refractivity contribution is 5.74. The van der Waals surface area contributed by atoms with E-state index in [-0.39, 0.29) is 6.42 Å². The van der Waals surface area contributed by atoms with Gasteiger partial charge in [0, 0.05) is 0 Å². The molecule has 0 bridgehead atoms. The molecule has 2 aromatic carbocycles. The topological polar surface area (TPSA) is 74.6 Å². The van der Waals surface area contributed by atoms with E-state index >= 15 is 0 Å². The molecule has 0 aliphatic rings. The second-order valence-electron chi connectivity index (χ2n) is 6.69. The van der Waals surface area contributed by atoms with Crippen LogP contribution < -0.4 is 0 Å². The molecule has 4 nitrogen and oxygen atoms in total. The third-order valence-corrected chi connectivity index (χ3v) is 4.47. The fraction of sp³-hybridized carbons (Fsp3) is 0.333. The van der Waals surface area contributed by atoms with E-state index in [0.29, 0.717) is 12.8 Å².